The van der Waals surface area contributed by atoms with E-state index in [4.69, 9.17) is 5.11 Å². The number of aliphatic carboxylic acids is 1. The van der Waals surface area contributed by atoms with Crippen LogP contribution < -0.4 is 0 Å². The van der Waals surface area contributed by atoms with E-state index in [1.807, 2.05) is 37.3 Å². The SMILES string of the molecule is CCC(C(=O)O)c1cnc2ccccc2c1. The fourth-order valence-corrected chi connectivity index (χ4v) is 1.83. The summed E-state index contributed by atoms with van der Waals surface area (Å²) in [4.78, 5) is 15.3. The summed E-state index contributed by atoms with van der Waals surface area (Å²) in [5.41, 5.74) is 1.67. The van der Waals surface area contributed by atoms with E-state index in [0.717, 1.165) is 16.5 Å². The Morgan fingerprint density at radius 2 is 2.19 bits per heavy atom. The fraction of sp³-hybridized carbons (Fsp3) is 0.231. The zero-order valence-electron chi connectivity index (χ0n) is 9.05. The van der Waals surface area contributed by atoms with Gasteiger partial charge in [-0.2, -0.15) is 0 Å². The van der Waals surface area contributed by atoms with Crippen LogP contribution in [0.25, 0.3) is 10.9 Å². The molecule has 0 saturated heterocycles. The molecule has 1 N–H and O–H groups in total. The molecule has 1 atom stereocenters. The lowest BCUT2D eigenvalue weighted by Gasteiger charge is -2.10. The number of hydrogen-bond acceptors (Lipinski definition) is 2. The highest BCUT2D eigenvalue weighted by Gasteiger charge is 2.17. The minimum atomic E-state index is -0.792. The van der Waals surface area contributed by atoms with Gasteiger partial charge in [0.1, 0.15) is 0 Å². The highest BCUT2D eigenvalue weighted by molar-refractivity contribution is 5.82. The highest BCUT2D eigenvalue weighted by Crippen LogP contribution is 2.22. The normalized spacial score (nSPS) is 12.6. The summed E-state index contributed by atoms with van der Waals surface area (Å²) in [5, 5.41) is 10.1. The van der Waals surface area contributed by atoms with Gasteiger partial charge >= 0.3 is 5.97 Å². The summed E-state index contributed by atoms with van der Waals surface area (Å²) in [5.74, 6) is -1.25. The molecule has 1 heterocycles. The van der Waals surface area contributed by atoms with Crippen LogP contribution in [0.3, 0.4) is 0 Å². The maximum Gasteiger partial charge on any atom is 0.311 e. The molecule has 1 aromatic carbocycles. The Labute approximate surface area is 93.7 Å². The van der Waals surface area contributed by atoms with Crippen LogP contribution in [-0.2, 0) is 4.79 Å². The number of fused-ring (bicyclic) bond motifs is 1. The summed E-state index contributed by atoms with van der Waals surface area (Å²) >= 11 is 0. The predicted molar refractivity (Wildman–Crippen MR) is 62.4 cm³/mol. The minimum Gasteiger partial charge on any atom is -0.481 e. The van der Waals surface area contributed by atoms with Crippen molar-refractivity contribution in [1.29, 1.82) is 0 Å². The second-order valence-corrected chi connectivity index (χ2v) is 3.76. The van der Waals surface area contributed by atoms with Crippen LogP contribution >= 0.6 is 0 Å². The number of hydrogen-bond donors (Lipinski definition) is 1. The third kappa shape index (κ3) is 1.89. The second kappa shape index (κ2) is 4.31. The van der Waals surface area contributed by atoms with E-state index in [1.54, 1.807) is 6.20 Å². The van der Waals surface area contributed by atoms with Crippen molar-refractivity contribution in [3.8, 4) is 0 Å². The first-order valence-electron chi connectivity index (χ1n) is 5.30. The van der Waals surface area contributed by atoms with E-state index < -0.39 is 11.9 Å². The lowest BCUT2D eigenvalue weighted by molar-refractivity contribution is -0.138. The van der Waals surface area contributed by atoms with E-state index >= 15 is 0 Å². The first-order valence-corrected chi connectivity index (χ1v) is 5.30. The average Bonchev–Trinajstić information content (AvgIpc) is 2.29. The van der Waals surface area contributed by atoms with Gasteiger partial charge in [-0.1, -0.05) is 25.1 Å². The van der Waals surface area contributed by atoms with Crippen molar-refractivity contribution < 1.29 is 9.90 Å². The van der Waals surface area contributed by atoms with Crippen LogP contribution in [0.5, 0.6) is 0 Å². The number of benzene rings is 1. The van der Waals surface area contributed by atoms with Gasteiger partial charge in [0.25, 0.3) is 0 Å². The number of para-hydroxylation sites is 1. The lowest BCUT2D eigenvalue weighted by Crippen LogP contribution is -2.10. The van der Waals surface area contributed by atoms with E-state index in [1.165, 1.54) is 0 Å². The van der Waals surface area contributed by atoms with Gasteiger partial charge in [0.05, 0.1) is 11.4 Å². The van der Waals surface area contributed by atoms with E-state index in [2.05, 4.69) is 4.98 Å². The van der Waals surface area contributed by atoms with Gasteiger partial charge in [0.15, 0.2) is 0 Å². The van der Waals surface area contributed by atoms with Crippen molar-refractivity contribution in [1.82, 2.24) is 4.98 Å². The zero-order valence-corrected chi connectivity index (χ0v) is 9.05. The molecule has 82 valence electrons. The van der Waals surface area contributed by atoms with Crippen LogP contribution in [0, 0.1) is 0 Å². The Bertz CT molecular complexity index is 522. The fourth-order valence-electron chi connectivity index (χ4n) is 1.83. The molecule has 2 rings (SSSR count). The van der Waals surface area contributed by atoms with Gasteiger partial charge in [-0.05, 0) is 24.1 Å². The van der Waals surface area contributed by atoms with Gasteiger partial charge in [-0.15, -0.1) is 0 Å². The summed E-state index contributed by atoms with van der Waals surface area (Å²) in [6, 6.07) is 9.62. The lowest BCUT2D eigenvalue weighted by atomic mass is 9.97. The number of pyridine rings is 1. The number of rotatable bonds is 3. The van der Waals surface area contributed by atoms with Crippen molar-refractivity contribution >= 4 is 16.9 Å². The van der Waals surface area contributed by atoms with Gasteiger partial charge in [0.2, 0.25) is 0 Å². The first-order chi connectivity index (χ1) is 7.72. The number of carboxylic acid groups (broad SMARTS) is 1. The van der Waals surface area contributed by atoms with E-state index in [-0.39, 0.29) is 0 Å². The van der Waals surface area contributed by atoms with Crippen molar-refractivity contribution in [2.45, 2.75) is 19.3 Å². The van der Waals surface area contributed by atoms with Crippen LogP contribution in [0.2, 0.25) is 0 Å². The van der Waals surface area contributed by atoms with E-state index in [0.29, 0.717) is 6.42 Å². The maximum atomic E-state index is 11.0. The molecule has 0 aliphatic carbocycles. The van der Waals surface area contributed by atoms with Crippen molar-refractivity contribution in [3.63, 3.8) is 0 Å². The standard InChI is InChI=1S/C13H13NO2/c1-2-11(13(15)16)10-7-9-5-3-4-6-12(9)14-8-10/h3-8,11H,2H2,1H3,(H,15,16). The largest absolute Gasteiger partial charge is 0.481 e. The van der Waals surface area contributed by atoms with Crippen LogP contribution in [0.15, 0.2) is 36.5 Å². The molecule has 0 bridgehead atoms. The van der Waals surface area contributed by atoms with Crippen LogP contribution in [0.1, 0.15) is 24.8 Å². The third-order valence-electron chi connectivity index (χ3n) is 2.72. The van der Waals surface area contributed by atoms with Gasteiger partial charge < -0.3 is 5.11 Å². The monoisotopic (exact) mass is 215 g/mol. The Morgan fingerprint density at radius 1 is 1.44 bits per heavy atom. The Kier molecular flexibility index (Phi) is 2.86. The summed E-state index contributed by atoms with van der Waals surface area (Å²) < 4.78 is 0. The molecule has 3 nitrogen and oxygen atoms in total. The molecule has 16 heavy (non-hydrogen) atoms. The number of aromatic nitrogens is 1. The Balaban J connectivity index is 2.49. The summed E-state index contributed by atoms with van der Waals surface area (Å²) in [7, 11) is 0. The topological polar surface area (TPSA) is 50.2 Å². The maximum absolute atomic E-state index is 11.0. The molecule has 0 aliphatic rings. The molecule has 0 aliphatic heterocycles. The van der Waals surface area contributed by atoms with Crippen molar-refractivity contribution in [2.75, 3.05) is 0 Å². The van der Waals surface area contributed by atoms with E-state index in [9.17, 15) is 4.79 Å². The smallest absolute Gasteiger partial charge is 0.311 e. The Hall–Kier alpha value is -1.90. The molecule has 3 heteroatoms. The average molecular weight is 215 g/mol. The van der Waals surface area contributed by atoms with Gasteiger partial charge in [-0.3, -0.25) is 9.78 Å². The number of carboxylic acids is 1. The number of nitrogens with zero attached hydrogens (tertiary/aromatic N) is 1. The molecule has 1 unspecified atom stereocenters. The second-order valence-electron chi connectivity index (χ2n) is 3.76. The summed E-state index contributed by atoms with van der Waals surface area (Å²) in [6.07, 6.45) is 2.24. The highest BCUT2D eigenvalue weighted by atomic mass is 16.4. The quantitative estimate of drug-likeness (QED) is 0.856. The summed E-state index contributed by atoms with van der Waals surface area (Å²) in [6.45, 7) is 1.87. The molecule has 0 amide bonds. The molecule has 0 radical (unpaired) electrons. The minimum absolute atomic E-state index is 0.461. The van der Waals surface area contributed by atoms with Crippen LogP contribution in [0.4, 0.5) is 0 Å². The van der Waals surface area contributed by atoms with Gasteiger partial charge in [0, 0.05) is 11.6 Å². The van der Waals surface area contributed by atoms with Crippen LogP contribution in [-0.4, -0.2) is 16.1 Å². The molecule has 0 spiro atoms. The van der Waals surface area contributed by atoms with Crippen molar-refractivity contribution in [3.05, 3.63) is 42.1 Å². The molecule has 1 aromatic heterocycles. The molecular weight excluding hydrogens is 202 g/mol. The first kappa shape index (κ1) is 10.6. The Morgan fingerprint density at radius 3 is 2.88 bits per heavy atom. The van der Waals surface area contributed by atoms with Gasteiger partial charge in [-0.25, -0.2) is 0 Å². The number of carbonyl (C=O) groups is 1. The molecule has 0 saturated carbocycles. The third-order valence-corrected chi connectivity index (χ3v) is 2.72. The zero-order chi connectivity index (χ0) is 11.5. The molecule has 0 fully saturated rings. The van der Waals surface area contributed by atoms with Crippen molar-refractivity contribution in [2.24, 2.45) is 0 Å². The molecule has 2 aromatic rings. The molecular formula is C13H13NO2. The predicted octanol–water partition coefficient (Wildman–Crippen LogP) is 2.81.